The molecule has 2 N–H and O–H groups in total. The molecule has 0 atom stereocenters. The summed E-state index contributed by atoms with van der Waals surface area (Å²) in [5, 5.41) is 3.19. The number of H-pyrrole nitrogens is 1. The third-order valence-corrected chi connectivity index (χ3v) is 2.36. The molecule has 0 aliphatic rings. The van der Waals surface area contributed by atoms with Crippen LogP contribution in [0.25, 0.3) is 0 Å². The van der Waals surface area contributed by atoms with Gasteiger partial charge in [-0.05, 0) is 37.6 Å². The van der Waals surface area contributed by atoms with E-state index < -0.39 is 0 Å². The van der Waals surface area contributed by atoms with Crippen LogP contribution in [0.1, 0.15) is 11.3 Å². The molecule has 16 heavy (non-hydrogen) atoms. The number of aryl methyl sites for hydroxylation is 2. The number of imidazole rings is 1. The fourth-order valence-corrected chi connectivity index (χ4v) is 1.57. The van der Waals surface area contributed by atoms with Crippen LogP contribution in [0.4, 0.5) is 11.6 Å². The molecular weight excluding hydrogens is 202 g/mol. The summed E-state index contributed by atoms with van der Waals surface area (Å²) in [6, 6.07) is 5.92. The van der Waals surface area contributed by atoms with Crippen LogP contribution < -0.4 is 10.1 Å². The molecule has 84 valence electrons. The lowest BCUT2D eigenvalue weighted by atomic mass is 10.2. The van der Waals surface area contributed by atoms with Crippen molar-refractivity contribution in [3.63, 3.8) is 0 Å². The maximum atomic E-state index is 5.20. The van der Waals surface area contributed by atoms with Crippen molar-refractivity contribution < 1.29 is 4.74 Å². The molecule has 0 aliphatic heterocycles. The van der Waals surface area contributed by atoms with Crippen molar-refractivity contribution in [3.05, 3.63) is 35.7 Å². The van der Waals surface area contributed by atoms with E-state index in [2.05, 4.69) is 15.3 Å². The number of anilines is 2. The molecule has 0 spiro atoms. The molecule has 0 saturated carbocycles. The predicted molar refractivity (Wildman–Crippen MR) is 64.3 cm³/mol. The highest BCUT2D eigenvalue weighted by Gasteiger charge is 2.01. The number of ether oxygens (including phenoxy) is 1. The summed E-state index contributed by atoms with van der Waals surface area (Å²) >= 11 is 0. The van der Waals surface area contributed by atoms with Crippen LogP contribution in [0, 0.1) is 13.8 Å². The number of nitrogens with one attached hydrogen (secondary N) is 2. The number of aromatic nitrogens is 2. The first kappa shape index (κ1) is 10.5. The van der Waals surface area contributed by atoms with E-state index >= 15 is 0 Å². The fraction of sp³-hybridized carbons (Fsp3) is 0.250. The molecule has 1 aromatic carbocycles. The van der Waals surface area contributed by atoms with Crippen LogP contribution in [-0.2, 0) is 0 Å². The van der Waals surface area contributed by atoms with Gasteiger partial charge in [-0.1, -0.05) is 0 Å². The number of methoxy groups -OCH3 is 1. The Balaban J connectivity index is 2.19. The zero-order valence-corrected chi connectivity index (χ0v) is 9.66. The minimum Gasteiger partial charge on any atom is -0.496 e. The van der Waals surface area contributed by atoms with Crippen molar-refractivity contribution >= 4 is 11.6 Å². The van der Waals surface area contributed by atoms with Crippen molar-refractivity contribution in [1.29, 1.82) is 0 Å². The van der Waals surface area contributed by atoms with Gasteiger partial charge in [0, 0.05) is 17.6 Å². The Morgan fingerprint density at radius 1 is 1.31 bits per heavy atom. The maximum absolute atomic E-state index is 5.20. The normalized spacial score (nSPS) is 10.2. The lowest BCUT2D eigenvalue weighted by Crippen LogP contribution is -1.94. The van der Waals surface area contributed by atoms with Crippen LogP contribution in [0.2, 0.25) is 0 Å². The highest BCUT2D eigenvalue weighted by Crippen LogP contribution is 2.22. The minimum atomic E-state index is 0.752. The number of hydrogen-bond acceptors (Lipinski definition) is 3. The zero-order chi connectivity index (χ0) is 11.5. The molecule has 0 unspecified atom stereocenters. The van der Waals surface area contributed by atoms with Gasteiger partial charge in [0.15, 0.2) is 0 Å². The van der Waals surface area contributed by atoms with Gasteiger partial charge in [0.25, 0.3) is 0 Å². The van der Waals surface area contributed by atoms with E-state index in [0.29, 0.717) is 0 Å². The minimum absolute atomic E-state index is 0.752. The van der Waals surface area contributed by atoms with Crippen LogP contribution in [0.5, 0.6) is 5.75 Å². The van der Waals surface area contributed by atoms with E-state index in [-0.39, 0.29) is 0 Å². The molecule has 4 nitrogen and oxygen atoms in total. The topological polar surface area (TPSA) is 49.9 Å². The van der Waals surface area contributed by atoms with Gasteiger partial charge in [-0.15, -0.1) is 0 Å². The van der Waals surface area contributed by atoms with Crippen molar-refractivity contribution in [2.24, 2.45) is 0 Å². The smallest absolute Gasteiger partial charge is 0.204 e. The Morgan fingerprint density at radius 2 is 2.12 bits per heavy atom. The van der Waals surface area contributed by atoms with Crippen LogP contribution in [-0.4, -0.2) is 17.1 Å². The third kappa shape index (κ3) is 2.16. The van der Waals surface area contributed by atoms with Gasteiger partial charge in [-0.3, -0.25) is 0 Å². The monoisotopic (exact) mass is 217 g/mol. The van der Waals surface area contributed by atoms with Crippen molar-refractivity contribution in [2.75, 3.05) is 12.4 Å². The number of aromatic amines is 1. The molecule has 0 amide bonds. The standard InChI is InChI=1S/C12H15N3O/c1-8-6-10(4-5-11(8)16-3)15-12-13-7-9(2)14-12/h4-7H,1-3H3,(H2,13,14,15). The number of rotatable bonds is 3. The van der Waals surface area contributed by atoms with Crippen molar-refractivity contribution in [2.45, 2.75) is 13.8 Å². The summed E-state index contributed by atoms with van der Waals surface area (Å²) in [6.45, 7) is 3.98. The van der Waals surface area contributed by atoms with Gasteiger partial charge < -0.3 is 15.0 Å². The van der Waals surface area contributed by atoms with Crippen molar-refractivity contribution in [1.82, 2.24) is 9.97 Å². The van der Waals surface area contributed by atoms with Gasteiger partial charge in [-0.2, -0.15) is 0 Å². The molecule has 1 heterocycles. The van der Waals surface area contributed by atoms with Crippen LogP contribution >= 0.6 is 0 Å². The lowest BCUT2D eigenvalue weighted by Gasteiger charge is -2.07. The predicted octanol–water partition coefficient (Wildman–Crippen LogP) is 2.78. The van der Waals surface area contributed by atoms with Gasteiger partial charge in [0.2, 0.25) is 5.95 Å². The van der Waals surface area contributed by atoms with E-state index in [4.69, 9.17) is 4.74 Å². The molecular formula is C12H15N3O. The average Bonchev–Trinajstić information content (AvgIpc) is 2.64. The second kappa shape index (κ2) is 4.26. The Hall–Kier alpha value is -1.97. The largest absolute Gasteiger partial charge is 0.496 e. The molecule has 0 fully saturated rings. The molecule has 2 aromatic rings. The molecule has 4 heteroatoms. The summed E-state index contributed by atoms with van der Waals surface area (Å²) in [5.74, 6) is 1.64. The highest BCUT2D eigenvalue weighted by molar-refractivity contribution is 5.57. The Morgan fingerprint density at radius 3 is 2.69 bits per heavy atom. The maximum Gasteiger partial charge on any atom is 0.204 e. The van der Waals surface area contributed by atoms with Gasteiger partial charge in [-0.25, -0.2) is 4.98 Å². The summed E-state index contributed by atoms with van der Waals surface area (Å²) in [4.78, 5) is 7.30. The molecule has 0 saturated heterocycles. The zero-order valence-electron chi connectivity index (χ0n) is 9.66. The lowest BCUT2D eigenvalue weighted by molar-refractivity contribution is 0.412. The second-order valence-electron chi connectivity index (χ2n) is 3.72. The first-order valence-corrected chi connectivity index (χ1v) is 5.12. The Labute approximate surface area is 94.7 Å². The first-order valence-electron chi connectivity index (χ1n) is 5.12. The summed E-state index contributed by atoms with van der Waals surface area (Å²) < 4.78 is 5.20. The summed E-state index contributed by atoms with van der Waals surface area (Å²) in [7, 11) is 1.67. The average molecular weight is 217 g/mol. The molecule has 0 aliphatic carbocycles. The van der Waals surface area contributed by atoms with E-state index in [1.54, 1.807) is 13.3 Å². The highest BCUT2D eigenvalue weighted by atomic mass is 16.5. The van der Waals surface area contributed by atoms with E-state index in [9.17, 15) is 0 Å². The van der Waals surface area contributed by atoms with Crippen LogP contribution in [0.15, 0.2) is 24.4 Å². The Kier molecular flexibility index (Phi) is 2.81. The third-order valence-electron chi connectivity index (χ3n) is 2.36. The van der Waals surface area contributed by atoms with Crippen molar-refractivity contribution in [3.8, 4) is 5.75 Å². The Bertz CT molecular complexity index is 491. The summed E-state index contributed by atoms with van der Waals surface area (Å²) in [5.41, 5.74) is 3.12. The molecule has 1 aromatic heterocycles. The summed E-state index contributed by atoms with van der Waals surface area (Å²) in [6.07, 6.45) is 1.79. The van der Waals surface area contributed by atoms with Gasteiger partial charge in [0.1, 0.15) is 5.75 Å². The van der Waals surface area contributed by atoms with E-state index in [1.807, 2.05) is 32.0 Å². The quantitative estimate of drug-likeness (QED) is 0.831. The number of hydrogen-bond donors (Lipinski definition) is 2. The number of nitrogens with zero attached hydrogens (tertiary/aromatic N) is 1. The molecule has 0 radical (unpaired) electrons. The fourth-order valence-electron chi connectivity index (χ4n) is 1.57. The van der Waals surface area contributed by atoms with Gasteiger partial charge >= 0.3 is 0 Å². The second-order valence-corrected chi connectivity index (χ2v) is 3.72. The first-order chi connectivity index (χ1) is 7.69. The molecule has 2 rings (SSSR count). The SMILES string of the molecule is COc1ccc(Nc2ncc(C)[nH]2)cc1C. The van der Waals surface area contributed by atoms with Gasteiger partial charge in [0.05, 0.1) is 7.11 Å². The van der Waals surface area contributed by atoms with E-state index in [0.717, 1.165) is 28.6 Å². The van der Waals surface area contributed by atoms with E-state index in [1.165, 1.54) is 0 Å². The molecule has 0 bridgehead atoms. The number of benzene rings is 1. The van der Waals surface area contributed by atoms with Crippen LogP contribution in [0.3, 0.4) is 0 Å².